The summed E-state index contributed by atoms with van der Waals surface area (Å²) in [5.41, 5.74) is 0.209. The molecular weight excluding hydrogens is 282 g/mol. The number of Topliss-reactive ketones (excluding diaryl/α,β-unsaturated/α-hetero) is 1. The number of rotatable bonds is 0. The minimum atomic E-state index is -0.0313. The van der Waals surface area contributed by atoms with E-state index in [-0.39, 0.29) is 16.7 Å². The average molecular weight is 313 g/mol. The normalized spacial score (nSPS) is 55.5. The fraction of sp³-hybridized carbons (Fsp3) is 0.905. The lowest BCUT2D eigenvalue weighted by Crippen LogP contribution is -2.57. The SMILES string of the molecule is CC1CCCC2(C)C1CCC1C3CCC(C#N)C3(C)CC(=O)C12. The maximum atomic E-state index is 13.3. The predicted molar refractivity (Wildman–Crippen MR) is 90.4 cm³/mol. The molecule has 126 valence electrons. The van der Waals surface area contributed by atoms with Gasteiger partial charge >= 0.3 is 0 Å². The topological polar surface area (TPSA) is 40.9 Å². The number of nitrogens with zero attached hydrogens (tertiary/aromatic N) is 1. The summed E-state index contributed by atoms with van der Waals surface area (Å²) >= 11 is 0. The van der Waals surface area contributed by atoms with Gasteiger partial charge < -0.3 is 0 Å². The lowest BCUT2D eigenvalue weighted by atomic mass is 9.43. The van der Waals surface area contributed by atoms with Crippen LogP contribution in [0.4, 0.5) is 0 Å². The van der Waals surface area contributed by atoms with Gasteiger partial charge in [-0.25, -0.2) is 0 Å². The molecule has 0 aromatic rings. The Balaban J connectivity index is 1.72. The van der Waals surface area contributed by atoms with E-state index in [1.807, 2.05) is 0 Å². The molecule has 8 atom stereocenters. The van der Waals surface area contributed by atoms with E-state index in [1.165, 1.54) is 38.5 Å². The smallest absolute Gasteiger partial charge is 0.137 e. The largest absolute Gasteiger partial charge is 0.299 e. The van der Waals surface area contributed by atoms with E-state index >= 15 is 0 Å². The predicted octanol–water partition coefficient (Wildman–Crippen LogP) is 4.98. The van der Waals surface area contributed by atoms with Crippen LogP contribution in [-0.4, -0.2) is 5.78 Å². The number of ketones is 1. The quantitative estimate of drug-likeness (QED) is 0.632. The summed E-state index contributed by atoms with van der Waals surface area (Å²) in [5.74, 6) is 3.62. The summed E-state index contributed by atoms with van der Waals surface area (Å²) in [7, 11) is 0. The molecule has 2 nitrogen and oxygen atoms in total. The van der Waals surface area contributed by atoms with Crippen LogP contribution in [0, 0.1) is 57.7 Å². The molecule has 0 N–H and O–H groups in total. The zero-order valence-electron chi connectivity index (χ0n) is 15.0. The van der Waals surface area contributed by atoms with E-state index in [2.05, 4.69) is 26.8 Å². The van der Waals surface area contributed by atoms with Gasteiger partial charge in [-0.15, -0.1) is 0 Å². The molecule has 0 heterocycles. The third-order valence-corrected chi connectivity index (χ3v) is 8.84. The molecule has 0 aliphatic heterocycles. The summed E-state index contributed by atoms with van der Waals surface area (Å²) in [6.07, 6.45) is 9.32. The Kier molecular flexibility index (Phi) is 3.46. The Morgan fingerprint density at radius 2 is 1.78 bits per heavy atom. The molecule has 4 aliphatic rings. The van der Waals surface area contributed by atoms with Crippen molar-refractivity contribution < 1.29 is 4.79 Å². The van der Waals surface area contributed by atoms with Gasteiger partial charge in [0.15, 0.2) is 0 Å². The summed E-state index contributed by atoms with van der Waals surface area (Å²) in [4.78, 5) is 13.3. The van der Waals surface area contributed by atoms with Crippen molar-refractivity contribution in [1.29, 1.82) is 5.26 Å². The lowest BCUT2D eigenvalue weighted by Gasteiger charge is -2.60. The molecule has 4 fully saturated rings. The van der Waals surface area contributed by atoms with Crippen molar-refractivity contribution in [2.75, 3.05) is 0 Å². The first-order valence-corrected chi connectivity index (χ1v) is 9.84. The molecule has 0 spiro atoms. The summed E-state index contributed by atoms with van der Waals surface area (Å²) in [6.45, 7) is 7.12. The van der Waals surface area contributed by atoms with E-state index in [4.69, 9.17) is 0 Å². The van der Waals surface area contributed by atoms with E-state index in [9.17, 15) is 10.1 Å². The van der Waals surface area contributed by atoms with E-state index in [1.54, 1.807) is 0 Å². The minimum absolute atomic E-state index is 0.0313. The number of nitriles is 1. The zero-order chi connectivity index (χ0) is 16.4. The molecule has 0 bridgehead atoms. The van der Waals surface area contributed by atoms with Crippen LogP contribution in [0.25, 0.3) is 0 Å². The van der Waals surface area contributed by atoms with Crippen LogP contribution in [0.5, 0.6) is 0 Å². The highest BCUT2D eigenvalue weighted by molar-refractivity contribution is 5.84. The third kappa shape index (κ3) is 1.95. The molecule has 23 heavy (non-hydrogen) atoms. The molecule has 0 radical (unpaired) electrons. The minimum Gasteiger partial charge on any atom is -0.299 e. The standard InChI is InChI=1S/C21H31NO/c1-13-5-4-10-20(2)16(13)9-7-15-17-8-6-14(12-22)21(17,3)11-18(23)19(15)20/h13-17,19H,4-11H2,1-3H3. The Labute approximate surface area is 141 Å². The first-order valence-electron chi connectivity index (χ1n) is 9.84. The molecule has 2 heteroatoms. The van der Waals surface area contributed by atoms with Gasteiger partial charge in [0, 0.05) is 12.3 Å². The molecule has 0 aromatic heterocycles. The van der Waals surface area contributed by atoms with E-state index in [0.717, 1.165) is 18.3 Å². The van der Waals surface area contributed by atoms with Gasteiger partial charge in [0.1, 0.15) is 5.78 Å². The van der Waals surface area contributed by atoms with Crippen LogP contribution in [0.1, 0.15) is 72.1 Å². The maximum Gasteiger partial charge on any atom is 0.137 e. The van der Waals surface area contributed by atoms with Crippen LogP contribution < -0.4 is 0 Å². The second kappa shape index (κ2) is 5.08. The summed E-state index contributed by atoms with van der Waals surface area (Å²) in [6, 6.07) is 2.54. The van der Waals surface area contributed by atoms with Crippen LogP contribution in [0.3, 0.4) is 0 Å². The number of carbonyl (C=O) groups is 1. The van der Waals surface area contributed by atoms with Crippen LogP contribution in [0.2, 0.25) is 0 Å². The van der Waals surface area contributed by atoms with Gasteiger partial charge in [-0.05, 0) is 66.6 Å². The van der Waals surface area contributed by atoms with E-state index < -0.39 is 0 Å². The second-order valence-electron chi connectivity index (χ2n) is 9.72. The van der Waals surface area contributed by atoms with Crippen LogP contribution in [0.15, 0.2) is 0 Å². The van der Waals surface area contributed by atoms with Crippen molar-refractivity contribution >= 4 is 5.78 Å². The second-order valence-corrected chi connectivity index (χ2v) is 9.72. The highest BCUT2D eigenvalue weighted by Crippen LogP contribution is 2.66. The average Bonchev–Trinajstić information content (AvgIpc) is 2.82. The van der Waals surface area contributed by atoms with Gasteiger partial charge in [-0.1, -0.05) is 33.6 Å². The highest BCUT2D eigenvalue weighted by atomic mass is 16.1. The number of hydrogen-bond acceptors (Lipinski definition) is 2. The van der Waals surface area contributed by atoms with Crippen molar-refractivity contribution in [3.05, 3.63) is 0 Å². The Morgan fingerprint density at radius 1 is 1.04 bits per heavy atom. The Morgan fingerprint density at radius 3 is 2.52 bits per heavy atom. The van der Waals surface area contributed by atoms with Gasteiger partial charge in [-0.2, -0.15) is 5.26 Å². The molecule has 0 aromatic carbocycles. The number of carbonyl (C=O) groups excluding carboxylic acids is 1. The molecule has 4 rings (SSSR count). The number of hydrogen-bond donors (Lipinski definition) is 0. The highest BCUT2D eigenvalue weighted by Gasteiger charge is 2.63. The fourth-order valence-electron chi connectivity index (χ4n) is 7.83. The van der Waals surface area contributed by atoms with Gasteiger partial charge in [0.05, 0.1) is 12.0 Å². The molecular formula is C21H31NO. The van der Waals surface area contributed by atoms with Crippen LogP contribution >= 0.6 is 0 Å². The summed E-state index contributed by atoms with van der Waals surface area (Å²) in [5, 5.41) is 9.56. The molecule has 4 saturated carbocycles. The van der Waals surface area contributed by atoms with Gasteiger partial charge in [0.25, 0.3) is 0 Å². The van der Waals surface area contributed by atoms with Crippen molar-refractivity contribution in [2.45, 2.75) is 72.1 Å². The Hall–Kier alpha value is -0.840. The molecule has 0 amide bonds. The molecule has 8 unspecified atom stereocenters. The van der Waals surface area contributed by atoms with Crippen LogP contribution in [-0.2, 0) is 4.79 Å². The van der Waals surface area contributed by atoms with Crippen molar-refractivity contribution in [3.8, 4) is 6.07 Å². The van der Waals surface area contributed by atoms with E-state index in [0.29, 0.717) is 30.0 Å². The van der Waals surface area contributed by atoms with Crippen molar-refractivity contribution in [1.82, 2.24) is 0 Å². The van der Waals surface area contributed by atoms with Crippen molar-refractivity contribution in [2.24, 2.45) is 46.3 Å². The first-order chi connectivity index (χ1) is 10.9. The summed E-state index contributed by atoms with van der Waals surface area (Å²) < 4.78 is 0. The maximum absolute atomic E-state index is 13.3. The van der Waals surface area contributed by atoms with Gasteiger partial charge in [-0.3, -0.25) is 4.79 Å². The number of fused-ring (bicyclic) bond motifs is 5. The third-order valence-electron chi connectivity index (χ3n) is 8.84. The Bertz CT molecular complexity index is 563. The monoisotopic (exact) mass is 313 g/mol. The zero-order valence-corrected chi connectivity index (χ0v) is 15.0. The van der Waals surface area contributed by atoms with Gasteiger partial charge in [0.2, 0.25) is 0 Å². The molecule has 4 aliphatic carbocycles. The fourth-order valence-corrected chi connectivity index (χ4v) is 7.83. The first kappa shape index (κ1) is 15.7. The van der Waals surface area contributed by atoms with Crippen molar-refractivity contribution in [3.63, 3.8) is 0 Å². The lowest BCUT2D eigenvalue weighted by molar-refractivity contribution is -0.160. The molecule has 0 saturated heterocycles.